The first kappa shape index (κ1) is 13.1. The molecule has 20 heavy (non-hydrogen) atoms. The van der Waals surface area contributed by atoms with Crippen molar-refractivity contribution in [3.8, 4) is 6.07 Å². The zero-order valence-corrected chi connectivity index (χ0v) is 11.2. The first-order chi connectivity index (χ1) is 9.81. The van der Waals surface area contributed by atoms with Gasteiger partial charge < -0.3 is 14.2 Å². The second-order valence-electron chi connectivity index (χ2n) is 5.04. The van der Waals surface area contributed by atoms with Gasteiger partial charge in [0.1, 0.15) is 6.07 Å². The maximum absolute atomic E-state index is 9.39. The number of aliphatic hydroxyl groups is 1. The highest BCUT2D eigenvalue weighted by molar-refractivity contribution is 5.65. The molecule has 2 aromatic heterocycles. The van der Waals surface area contributed by atoms with Crippen LogP contribution in [0.5, 0.6) is 0 Å². The summed E-state index contributed by atoms with van der Waals surface area (Å²) < 4.78 is 7.43. The fraction of sp³-hybridized carbons (Fsp3) is 0.400. The Hall–Kier alpha value is -1.87. The van der Waals surface area contributed by atoms with E-state index in [-0.39, 0.29) is 12.7 Å². The molecule has 1 atom stereocenters. The monoisotopic (exact) mass is 271 g/mol. The van der Waals surface area contributed by atoms with Gasteiger partial charge in [-0.2, -0.15) is 5.26 Å². The summed E-state index contributed by atoms with van der Waals surface area (Å²) >= 11 is 0. The van der Waals surface area contributed by atoms with E-state index in [0.717, 1.165) is 23.2 Å². The zero-order chi connectivity index (χ0) is 13.9. The number of ether oxygens (including phenoxy) is 1. The van der Waals surface area contributed by atoms with Crippen LogP contribution < -0.4 is 0 Å². The maximum Gasteiger partial charge on any atom is 0.102 e. The van der Waals surface area contributed by atoms with Gasteiger partial charge in [-0.15, -0.1) is 0 Å². The quantitative estimate of drug-likeness (QED) is 0.905. The largest absolute Gasteiger partial charge is 0.394 e. The lowest BCUT2D eigenvalue weighted by Crippen LogP contribution is -2.43. The first-order valence-corrected chi connectivity index (χ1v) is 6.75. The average Bonchev–Trinajstić information content (AvgIpc) is 2.84. The molecule has 1 N–H and O–H groups in total. The van der Waals surface area contributed by atoms with Crippen molar-refractivity contribution in [2.24, 2.45) is 0 Å². The van der Waals surface area contributed by atoms with Gasteiger partial charge in [-0.1, -0.05) is 6.07 Å². The van der Waals surface area contributed by atoms with Crippen LogP contribution >= 0.6 is 0 Å². The van der Waals surface area contributed by atoms with Crippen LogP contribution in [-0.4, -0.2) is 46.8 Å². The van der Waals surface area contributed by atoms with Crippen LogP contribution in [0.15, 0.2) is 30.6 Å². The molecular formula is C15H17N3O2. The Labute approximate surface area is 117 Å². The van der Waals surface area contributed by atoms with Crippen molar-refractivity contribution in [1.82, 2.24) is 9.30 Å². The van der Waals surface area contributed by atoms with Crippen LogP contribution in [0.1, 0.15) is 11.1 Å². The lowest BCUT2D eigenvalue weighted by atomic mass is 10.1. The van der Waals surface area contributed by atoms with E-state index in [1.165, 1.54) is 0 Å². The van der Waals surface area contributed by atoms with E-state index in [4.69, 9.17) is 4.74 Å². The summed E-state index contributed by atoms with van der Waals surface area (Å²) in [7, 11) is 0. The Bertz CT molecular complexity index is 644. The van der Waals surface area contributed by atoms with Crippen molar-refractivity contribution in [2.45, 2.75) is 12.6 Å². The molecule has 1 unspecified atom stereocenters. The highest BCUT2D eigenvalue weighted by Crippen LogP contribution is 2.20. The van der Waals surface area contributed by atoms with Gasteiger partial charge in [0, 0.05) is 37.6 Å². The number of hydrogen-bond acceptors (Lipinski definition) is 4. The molecule has 5 heteroatoms. The van der Waals surface area contributed by atoms with Crippen molar-refractivity contribution in [3.63, 3.8) is 0 Å². The molecule has 1 aliphatic heterocycles. The molecule has 0 amide bonds. The van der Waals surface area contributed by atoms with E-state index in [1.807, 2.05) is 35.0 Å². The van der Waals surface area contributed by atoms with E-state index < -0.39 is 0 Å². The molecule has 0 aliphatic carbocycles. The van der Waals surface area contributed by atoms with E-state index in [9.17, 15) is 10.4 Å². The third-order valence-corrected chi connectivity index (χ3v) is 3.69. The predicted molar refractivity (Wildman–Crippen MR) is 74.2 cm³/mol. The highest BCUT2D eigenvalue weighted by atomic mass is 16.5. The molecule has 104 valence electrons. The minimum Gasteiger partial charge on any atom is -0.394 e. The van der Waals surface area contributed by atoms with Crippen molar-refractivity contribution >= 4 is 5.52 Å². The van der Waals surface area contributed by atoms with Gasteiger partial charge >= 0.3 is 0 Å². The molecule has 3 heterocycles. The number of nitriles is 1. The molecule has 1 saturated heterocycles. The third-order valence-electron chi connectivity index (χ3n) is 3.69. The number of fused-ring (bicyclic) bond motifs is 1. The number of aromatic nitrogens is 1. The van der Waals surface area contributed by atoms with Gasteiger partial charge in [0.15, 0.2) is 0 Å². The van der Waals surface area contributed by atoms with Crippen molar-refractivity contribution < 1.29 is 9.84 Å². The third kappa shape index (κ3) is 2.41. The van der Waals surface area contributed by atoms with Crippen molar-refractivity contribution in [3.05, 3.63) is 41.7 Å². The molecule has 0 saturated carbocycles. The summed E-state index contributed by atoms with van der Waals surface area (Å²) in [6, 6.07) is 8.16. The van der Waals surface area contributed by atoms with E-state index in [0.29, 0.717) is 19.7 Å². The summed E-state index contributed by atoms with van der Waals surface area (Å²) in [5.41, 5.74) is 2.70. The van der Waals surface area contributed by atoms with E-state index in [1.54, 1.807) is 0 Å². The maximum atomic E-state index is 9.39. The van der Waals surface area contributed by atoms with Gasteiger partial charge in [-0.3, -0.25) is 4.90 Å². The summed E-state index contributed by atoms with van der Waals surface area (Å²) in [5, 5.41) is 18.6. The Morgan fingerprint density at radius 3 is 3.15 bits per heavy atom. The highest BCUT2D eigenvalue weighted by Gasteiger charge is 2.21. The lowest BCUT2D eigenvalue weighted by molar-refractivity contribution is -0.0551. The topological polar surface area (TPSA) is 60.9 Å². The summed E-state index contributed by atoms with van der Waals surface area (Å²) in [5.74, 6) is 0. The normalized spacial score (nSPS) is 20.1. The van der Waals surface area contributed by atoms with Gasteiger partial charge in [0.05, 0.1) is 30.4 Å². The molecule has 5 nitrogen and oxygen atoms in total. The first-order valence-electron chi connectivity index (χ1n) is 6.75. The molecule has 0 bridgehead atoms. The zero-order valence-electron chi connectivity index (χ0n) is 11.2. The Kier molecular flexibility index (Phi) is 3.70. The number of nitrogens with zero attached hydrogens (tertiary/aromatic N) is 3. The molecular weight excluding hydrogens is 254 g/mol. The number of morpholine rings is 1. The van der Waals surface area contributed by atoms with Gasteiger partial charge in [-0.25, -0.2) is 0 Å². The molecule has 0 spiro atoms. The molecule has 2 aromatic rings. The molecule has 1 fully saturated rings. The van der Waals surface area contributed by atoms with Crippen LogP contribution in [0.3, 0.4) is 0 Å². The minimum atomic E-state index is -0.119. The van der Waals surface area contributed by atoms with Crippen LogP contribution in [-0.2, 0) is 11.3 Å². The number of aliphatic hydroxyl groups excluding tert-OH is 1. The molecule has 1 aliphatic rings. The van der Waals surface area contributed by atoms with E-state index in [2.05, 4.69) is 11.0 Å². The van der Waals surface area contributed by atoms with Crippen molar-refractivity contribution in [2.75, 3.05) is 26.3 Å². The fourth-order valence-electron chi connectivity index (χ4n) is 2.70. The Morgan fingerprint density at radius 2 is 2.35 bits per heavy atom. The predicted octanol–water partition coefficient (Wildman–Crippen LogP) is 1.00. The SMILES string of the molecule is N#Cc1c(CN2CCOC(CO)C2)cn2ccccc12. The Balaban J connectivity index is 1.85. The summed E-state index contributed by atoms with van der Waals surface area (Å²) in [6.45, 7) is 2.91. The molecule has 3 rings (SSSR count). The van der Waals surface area contributed by atoms with Crippen LogP contribution in [0, 0.1) is 11.3 Å². The van der Waals surface area contributed by atoms with Gasteiger partial charge in [0.2, 0.25) is 0 Å². The fourth-order valence-corrected chi connectivity index (χ4v) is 2.70. The van der Waals surface area contributed by atoms with Crippen LogP contribution in [0.4, 0.5) is 0 Å². The van der Waals surface area contributed by atoms with E-state index >= 15 is 0 Å². The lowest BCUT2D eigenvalue weighted by Gasteiger charge is -2.31. The standard InChI is InChI=1S/C15H17N3O2/c16-7-14-12(9-18-4-2-1-3-15(14)18)8-17-5-6-20-13(10-17)11-19/h1-4,9,13,19H,5-6,8,10-11H2. The second kappa shape index (κ2) is 5.63. The minimum absolute atomic E-state index is 0.0410. The average molecular weight is 271 g/mol. The summed E-state index contributed by atoms with van der Waals surface area (Å²) in [6.07, 6.45) is 3.85. The van der Waals surface area contributed by atoms with Gasteiger partial charge in [0.25, 0.3) is 0 Å². The summed E-state index contributed by atoms with van der Waals surface area (Å²) in [4.78, 5) is 2.22. The number of rotatable bonds is 3. The Morgan fingerprint density at radius 1 is 1.45 bits per heavy atom. The molecule has 0 aromatic carbocycles. The van der Waals surface area contributed by atoms with Crippen molar-refractivity contribution in [1.29, 1.82) is 5.26 Å². The van der Waals surface area contributed by atoms with Crippen LogP contribution in [0.2, 0.25) is 0 Å². The van der Waals surface area contributed by atoms with Crippen LogP contribution in [0.25, 0.3) is 5.52 Å². The number of pyridine rings is 1. The van der Waals surface area contributed by atoms with Gasteiger partial charge in [-0.05, 0) is 12.1 Å². The molecule has 0 radical (unpaired) electrons. The number of hydrogen-bond donors (Lipinski definition) is 1. The second-order valence-corrected chi connectivity index (χ2v) is 5.04. The smallest absolute Gasteiger partial charge is 0.102 e.